The van der Waals surface area contributed by atoms with Crippen LogP contribution in [0.5, 0.6) is 0 Å². The highest BCUT2D eigenvalue weighted by atomic mass is 32.2. The van der Waals surface area contributed by atoms with Crippen molar-refractivity contribution in [1.29, 1.82) is 0 Å². The first-order valence-corrected chi connectivity index (χ1v) is 14.3. The van der Waals surface area contributed by atoms with Crippen LogP contribution in [0, 0.1) is 6.92 Å². The number of hydrogen-bond acceptors (Lipinski definition) is 10. The van der Waals surface area contributed by atoms with Gasteiger partial charge in [-0.05, 0) is 39.7 Å². The largest absolute Gasteiger partial charge is 0.387 e. The number of nitrogens with zero attached hydrogens (tertiary/aromatic N) is 4. The Morgan fingerprint density at radius 3 is 2.50 bits per heavy atom. The van der Waals surface area contributed by atoms with Crippen LogP contribution in [-0.4, -0.2) is 83.0 Å². The molecule has 0 amide bonds. The number of hydrogen-bond donors (Lipinski definition) is 5. The number of pyridine rings is 1. The molecule has 0 spiro atoms. The number of ether oxygens (including phenoxy) is 1. The van der Waals surface area contributed by atoms with Crippen molar-refractivity contribution in [3.8, 4) is 0 Å². The number of aromatic nitrogens is 4. The fraction of sp³-hybridized carbons (Fsp3) is 0.737. The van der Waals surface area contributed by atoms with Crippen molar-refractivity contribution in [2.24, 2.45) is 0 Å². The molecule has 190 valence electrons. The topological polar surface area (TPSA) is 197 Å². The van der Waals surface area contributed by atoms with Crippen LogP contribution in [-0.2, 0) is 19.1 Å². The van der Waals surface area contributed by atoms with Crippen molar-refractivity contribution in [2.75, 3.05) is 11.1 Å². The van der Waals surface area contributed by atoms with E-state index < -0.39 is 52.2 Å². The van der Waals surface area contributed by atoms with Crippen molar-refractivity contribution in [1.82, 2.24) is 20.0 Å². The lowest BCUT2D eigenvalue weighted by Crippen LogP contribution is -2.41. The highest BCUT2D eigenvalue weighted by Crippen LogP contribution is 2.54. The lowest BCUT2D eigenvalue weighted by atomic mass is 10.1. The monoisotopic (exact) mass is 519 g/mol. The quantitative estimate of drug-likeness (QED) is 0.317. The van der Waals surface area contributed by atoms with Gasteiger partial charge in [0.05, 0.1) is 11.4 Å². The third kappa shape index (κ3) is 4.36. The average molecular weight is 520 g/mol. The molecule has 1 aliphatic heterocycles. The van der Waals surface area contributed by atoms with Crippen LogP contribution in [0.3, 0.4) is 0 Å². The highest BCUT2D eigenvalue weighted by Gasteiger charge is 2.54. The molecule has 1 aliphatic carbocycles. The SMILES string of the molecule is Cc1cc(NC2CCCC2)c2nnn([C@@H]3O[C@H](CS(=O)(=O)C(C)(C)P(=O)(O)O)[C@@H](O)[C@H]3O)c2n1. The van der Waals surface area contributed by atoms with Crippen molar-refractivity contribution in [3.63, 3.8) is 0 Å². The summed E-state index contributed by atoms with van der Waals surface area (Å²) in [7, 11) is -9.48. The number of anilines is 1. The number of rotatable bonds is 7. The van der Waals surface area contributed by atoms with E-state index in [0.717, 1.165) is 45.2 Å². The summed E-state index contributed by atoms with van der Waals surface area (Å²) in [6.45, 7) is 3.61. The molecule has 2 fully saturated rings. The van der Waals surface area contributed by atoms with Gasteiger partial charge in [0.15, 0.2) is 31.7 Å². The predicted molar refractivity (Wildman–Crippen MR) is 122 cm³/mol. The number of aryl methyl sites for hydroxylation is 1. The minimum atomic E-state index is -5.03. The van der Waals surface area contributed by atoms with Gasteiger partial charge in [0.2, 0.25) is 0 Å². The molecule has 3 heterocycles. The van der Waals surface area contributed by atoms with Crippen LogP contribution >= 0.6 is 7.60 Å². The first-order chi connectivity index (χ1) is 15.7. The fourth-order valence-corrected chi connectivity index (χ4v) is 7.07. The maximum absolute atomic E-state index is 12.7. The molecular weight excluding hydrogens is 489 g/mol. The van der Waals surface area contributed by atoms with Gasteiger partial charge in [-0.25, -0.2) is 13.4 Å². The van der Waals surface area contributed by atoms with Crippen LogP contribution in [0.2, 0.25) is 0 Å². The third-order valence-corrected chi connectivity index (χ3v) is 11.9. The van der Waals surface area contributed by atoms with Gasteiger partial charge in [0, 0.05) is 11.7 Å². The zero-order chi connectivity index (χ0) is 25.1. The van der Waals surface area contributed by atoms with E-state index >= 15 is 0 Å². The summed E-state index contributed by atoms with van der Waals surface area (Å²) in [5.41, 5.74) is 2.13. The molecule has 1 saturated carbocycles. The van der Waals surface area contributed by atoms with E-state index in [0.29, 0.717) is 17.3 Å². The average Bonchev–Trinajstić information content (AvgIpc) is 3.43. The first kappa shape index (κ1) is 25.4. The second-order valence-corrected chi connectivity index (χ2v) is 14.6. The Morgan fingerprint density at radius 1 is 1.24 bits per heavy atom. The molecule has 0 bridgehead atoms. The zero-order valence-electron chi connectivity index (χ0n) is 19.1. The van der Waals surface area contributed by atoms with E-state index in [1.54, 1.807) is 6.92 Å². The Kier molecular flexibility index (Phi) is 6.56. The lowest BCUT2D eigenvalue weighted by Gasteiger charge is -2.27. The number of sulfone groups is 1. The molecule has 5 N–H and O–H groups in total. The van der Waals surface area contributed by atoms with Gasteiger partial charge in [-0.1, -0.05) is 18.1 Å². The molecule has 4 rings (SSSR count). The van der Waals surface area contributed by atoms with Crippen molar-refractivity contribution >= 4 is 34.3 Å². The van der Waals surface area contributed by atoms with Gasteiger partial charge in [-0.2, -0.15) is 4.68 Å². The second-order valence-electron chi connectivity index (χ2n) is 9.46. The van der Waals surface area contributed by atoms with Gasteiger partial charge >= 0.3 is 7.60 Å². The Morgan fingerprint density at radius 2 is 1.88 bits per heavy atom. The first-order valence-electron chi connectivity index (χ1n) is 11.0. The van der Waals surface area contributed by atoms with Crippen LogP contribution < -0.4 is 5.32 Å². The zero-order valence-corrected chi connectivity index (χ0v) is 20.8. The molecule has 0 radical (unpaired) electrons. The summed E-state index contributed by atoms with van der Waals surface area (Å²) in [4.78, 5) is 23.4. The van der Waals surface area contributed by atoms with E-state index in [2.05, 4.69) is 20.6 Å². The Bertz CT molecular complexity index is 1220. The molecule has 0 aromatic carbocycles. The third-order valence-electron chi connectivity index (χ3n) is 6.70. The van der Waals surface area contributed by atoms with E-state index in [4.69, 9.17) is 4.74 Å². The predicted octanol–water partition coefficient (Wildman–Crippen LogP) is 0.437. The molecule has 13 nitrogen and oxygen atoms in total. The number of aliphatic hydroxyl groups excluding tert-OH is 2. The maximum Gasteiger partial charge on any atom is 0.346 e. The van der Waals surface area contributed by atoms with Crippen molar-refractivity contribution in [2.45, 2.75) is 81.5 Å². The Labute approximate surface area is 196 Å². The fourth-order valence-electron chi connectivity index (χ4n) is 4.29. The number of nitrogens with one attached hydrogen (secondary N) is 1. The smallest absolute Gasteiger partial charge is 0.346 e. The summed E-state index contributed by atoms with van der Waals surface area (Å²) in [5.74, 6) is -0.909. The second kappa shape index (κ2) is 8.77. The summed E-state index contributed by atoms with van der Waals surface area (Å²) in [6.07, 6.45) is -1.61. The van der Waals surface area contributed by atoms with Crippen LogP contribution in [0.1, 0.15) is 51.5 Å². The Hall–Kier alpha value is -1.67. The summed E-state index contributed by atoms with van der Waals surface area (Å²) >= 11 is 0. The molecule has 2 aromatic rings. The minimum absolute atomic E-state index is 0.288. The normalized spacial score (nSPS) is 27.0. The summed E-state index contributed by atoms with van der Waals surface area (Å²) in [6, 6.07) is 2.15. The molecule has 0 unspecified atom stereocenters. The number of aliphatic hydroxyl groups is 2. The standard InChI is InChI=1S/C19H30N5O8PS/c1-10-8-12(21-11-6-4-5-7-11)14-17(20-10)24(23-22-14)18-16(26)15(25)13(32-18)9-34(30,31)19(2,3)33(27,28)29/h8,11,13,15-16,18,25-26H,4-7,9H2,1-3H3,(H,20,21)(H2,27,28,29)/t13-,15-,16-,18-/m1/s1. The Balaban J connectivity index is 1.62. The summed E-state index contributed by atoms with van der Waals surface area (Å²) < 4.78 is 41.7. The maximum atomic E-state index is 12.7. The molecule has 15 heteroatoms. The number of fused-ring (bicyclic) bond motifs is 1. The molecular formula is C19H30N5O8PS. The lowest BCUT2D eigenvalue weighted by molar-refractivity contribution is -0.0376. The van der Waals surface area contributed by atoms with Crippen LogP contribution in [0.4, 0.5) is 5.69 Å². The van der Waals surface area contributed by atoms with Crippen LogP contribution in [0.25, 0.3) is 11.2 Å². The van der Waals surface area contributed by atoms with Gasteiger partial charge < -0.3 is 30.1 Å². The molecule has 1 saturated heterocycles. The van der Waals surface area contributed by atoms with E-state index in [1.807, 2.05) is 6.07 Å². The molecule has 2 aliphatic rings. The van der Waals surface area contributed by atoms with E-state index in [-0.39, 0.29) is 5.65 Å². The van der Waals surface area contributed by atoms with E-state index in [1.165, 1.54) is 4.68 Å². The van der Waals surface area contributed by atoms with Gasteiger partial charge in [-0.3, -0.25) is 4.57 Å². The van der Waals surface area contributed by atoms with Gasteiger partial charge in [-0.15, -0.1) is 5.10 Å². The molecule has 4 atom stereocenters. The molecule has 2 aromatic heterocycles. The van der Waals surface area contributed by atoms with Gasteiger partial charge in [0.1, 0.15) is 18.3 Å². The van der Waals surface area contributed by atoms with Gasteiger partial charge in [0.25, 0.3) is 0 Å². The summed E-state index contributed by atoms with van der Waals surface area (Å²) in [5, 5.41) is 32.8. The van der Waals surface area contributed by atoms with E-state index in [9.17, 15) is 33.0 Å². The van der Waals surface area contributed by atoms with Crippen molar-refractivity contribution < 1.29 is 37.7 Å². The minimum Gasteiger partial charge on any atom is -0.387 e. The van der Waals surface area contributed by atoms with Crippen molar-refractivity contribution in [3.05, 3.63) is 11.8 Å². The van der Waals surface area contributed by atoms with Crippen LogP contribution in [0.15, 0.2) is 6.07 Å². The molecule has 34 heavy (non-hydrogen) atoms. The highest BCUT2D eigenvalue weighted by molar-refractivity contribution is 7.99.